The molecular weight excluding hydrogens is 206 g/mol. The molecule has 5 nitrogen and oxygen atoms in total. The number of hydrogen-bond acceptors (Lipinski definition) is 5. The number of aryl methyl sites for hydroxylation is 1. The summed E-state index contributed by atoms with van der Waals surface area (Å²) in [5.41, 5.74) is 0.727. The van der Waals surface area contributed by atoms with Crippen LogP contribution in [0.4, 0.5) is 0 Å². The van der Waals surface area contributed by atoms with Crippen LogP contribution >= 0.6 is 0 Å². The fraction of sp³-hybridized carbons (Fsp3) is 0.545. The van der Waals surface area contributed by atoms with Crippen molar-refractivity contribution in [1.82, 2.24) is 9.97 Å². The van der Waals surface area contributed by atoms with E-state index in [0.717, 1.165) is 12.1 Å². The average molecular weight is 221 g/mol. The lowest BCUT2D eigenvalue weighted by molar-refractivity contribution is 0.277. The Balaban J connectivity index is 2.93. The van der Waals surface area contributed by atoms with Gasteiger partial charge in [0.2, 0.25) is 5.88 Å². The molecule has 16 heavy (non-hydrogen) atoms. The maximum absolute atomic E-state index is 8.99. The van der Waals surface area contributed by atoms with Crippen molar-refractivity contribution in [2.24, 2.45) is 0 Å². The highest BCUT2D eigenvalue weighted by Crippen LogP contribution is 2.15. The molecule has 0 aliphatic carbocycles. The van der Waals surface area contributed by atoms with Crippen LogP contribution in [0.3, 0.4) is 0 Å². The number of aliphatic hydroxyl groups is 1. The van der Waals surface area contributed by atoms with E-state index in [1.165, 1.54) is 0 Å². The predicted octanol–water partition coefficient (Wildman–Crippen LogP) is 1.17. The van der Waals surface area contributed by atoms with Crippen LogP contribution in [0.5, 0.6) is 5.88 Å². The third-order valence-electron chi connectivity index (χ3n) is 1.95. The van der Waals surface area contributed by atoms with Gasteiger partial charge in [0.15, 0.2) is 5.82 Å². The quantitative estimate of drug-likeness (QED) is 0.807. The first-order valence-electron chi connectivity index (χ1n) is 5.20. The number of hydrogen-bond donors (Lipinski definition) is 1. The third-order valence-corrected chi connectivity index (χ3v) is 1.95. The molecule has 0 bridgehead atoms. The molecule has 0 spiro atoms. The van der Waals surface area contributed by atoms with Crippen molar-refractivity contribution in [3.05, 3.63) is 17.6 Å². The van der Waals surface area contributed by atoms with Gasteiger partial charge in [-0.1, -0.05) is 6.92 Å². The summed E-state index contributed by atoms with van der Waals surface area (Å²) in [6.45, 7) is 4.09. The van der Waals surface area contributed by atoms with Crippen LogP contribution in [0.15, 0.2) is 6.07 Å². The number of ether oxygens (including phenoxy) is 1. The molecule has 5 heteroatoms. The van der Waals surface area contributed by atoms with E-state index in [-0.39, 0.29) is 6.61 Å². The molecule has 0 fully saturated rings. The highest BCUT2D eigenvalue weighted by atomic mass is 16.5. The van der Waals surface area contributed by atoms with Crippen LogP contribution in [0.2, 0.25) is 0 Å². The van der Waals surface area contributed by atoms with Crippen molar-refractivity contribution in [1.29, 1.82) is 5.26 Å². The first-order chi connectivity index (χ1) is 7.71. The van der Waals surface area contributed by atoms with Crippen molar-refractivity contribution >= 4 is 0 Å². The minimum atomic E-state index is -0.691. The summed E-state index contributed by atoms with van der Waals surface area (Å²) in [6.07, 6.45) is 0.889. The molecule has 0 saturated carbocycles. The van der Waals surface area contributed by atoms with Gasteiger partial charge in [-0.3, -0.25) is 0 Å². The minimum Gasteiger partial charge on any atom is -0.478 e. The fourth-order valence-electron chi connectivity index (χ4n) is 1.18. The lowest BCUT2D eigenvalue weighted by Gasteiger charge is -2.08. The van der Waals surface area contributed by atoms with Gasteiger partial charge in [0.25, 0.3) is 0 Å². The summed E-state index contributed by atoms with van der Waals surface area (Å²) in [4.78, 5) is 8.21. The minimum absolute atomic E-state index is 0.285. The molecule has 1 rings (SSSR count). The molecule has 86 valence electrons. The Bertz CT molecular complexity index is 387. The van der Waals surface area contributed by atoms with E-state index >= 15 is 0 Å². The van der Waals surface area contributed by atoms with Crippen LogP contribution in [0, 0.1) is 18.3 Å². The molecule has 1 unspecified atom stereocenters. The summed E-state index contributed by atoms with van der Waals surface area (Å²) in [5.74, 6) is 0.0815. The Morgan fingerprint density at radius 3 is 2.88 bits per heavy atom. The highest BCUT2D eigenvalue weighted by Gasteiger charge is 2.14. The van der Waals surface area contributed by atoms with Crippen molar-refractivity contribution in [2.75, 3.05) is 13.2 Å². The third kappa shape index (κ3) is 3.17. The molecule has 0 saturated heterocycles. The summed E-state index contributed by atoms with van der Waals surface area (Å²) >= 11 is 0. The fourth-order valence-corrected chi connectivity index (χ4v) is 1.18. The van der Waals surface area contributed by atoms with Gasteiger partial charge in [0, 0.05) is 11.8 Å². The average Bonchev–Trinajstić information content (AvgIpc) is 2.27. The number of rotatable bonds is 5. The zero-order chi connectivity index (χ0) is 12.0. The Morgan fingerprint density at radius 1 is 1.56 bits per heavy atom. The second-order valence-corrected chi connectivity index (χ2v) is 3.42. The zero-order valence-electron chi connectivity index (χ0n) is 9.47. The van der Waals surface area contributed by atoms with E-state index in [2.05, 4.69) is 9.97 Å². The van der Waals surface area contributed by atoms with Gasteiger partial charge in [-0.2, -0.15) is 10.2 Å². The first-order valence-corrected chi connectivity index (χ1v) is 5.20. The normalized spacial score (nSPS) is 11.9. The molecule has 0 aromatic carbocycles. The van der Waals surface area contributed by atoms with Gasteiger partial charge >= 0.3 is 0 Å². The largest absolute Gasteiger partial charge is 0.478 e. The van der Waals surface area contributed by atoms with Gasteiger partial charge < -0.3 is 9.84 Å². The van der Waals surface area contributed by atoms with Crippen LogP contribution in [-0.2, 0) is 0 Å². The van der Waals surface area contributed by atoms with Gasteiger partial charge in [-0.25, -0.2) is 4.98 Å². The summed E-state index contributed by atoms with van der Waals surface area (Å²) in [6, 6.07) is 3.66. The standard InChI is InChI=1S/C11H15N3O2/c1-3-4-16-10-5-8(2)13-11(14-10)9(6-12)7-15/h5,9,15H,3-4,7H2,1-2H3. The maximum Gasteiger partial charge on any atom is 0.216 e. The molecule has 1 aromatic heterocycles. The molecule has 1 N–H and O–H groups in total. The summed E-state index contributed by atoms with van der Waals surface area (Å²) in [5, 5.41) is 17.8. The summed E-state index contributed by atoms with van der Waals surface area (Å²) < 4.78 is 5.37. The molecule has 0 radical (unpaired) electrons. The van der Waals surface area contributed by atoms with E-state index < -0.39 is 5.92 Å². The van der Waals surface area contributed by atoms with Crippen molar-refractivity contribution in [2.45, 2.75) is 26.2 Å². The zero-order valence-corrected chi connectivity index (χ0v) is 9.47. The van der Waals surface area contributed by atoms with Crippen LogP contribution in [0.1, 0.15) is 30.8 Å². The first kappa shape index (κ1) is 12.4. The Labute approximate surface area is 94.7 Å². The van der Waals surface area contributed by atoms with E-state index in [0.29, 0.717) is 18.3 Å². The van der Waals surface area contributed by atoms with Crippen LogP contribution in [0.25, 0.3) is 0 Å². The number of nitrogens with zero attached hydrogens (tertiary/aromatic N) is 3. The van der Waals surface area contributed by atoms with Crippen LogP contribution < -0.4 is 4.74 Å². The Morgan fingerprint density at radius 2 is 2.31 bits per heavy atom. The number of aliphatic hydroxyl groups excluding tert-OH is 1. The molecule has 1 aromatic rings. The van der Waals surface area contributed by atoms with Gasteiger partial charge in [0.05, 0.1) is 19.3 Å². The molecule has 0 aliphatic rings. The van der Waals surface area contributed by atoms with E-state index in [1.54, 1.807) is 13.0 Å². The number of aromatic nitrogens is 2. The SMILES string of the molecule is CCCOc1cc(C)nc(C(C#N)CO)n1. The van der Waals surface area contributed by atoms with E-state index in [9.17, 15) is 0 Å². The smallest absolute Gasteiger partial charge is 0.216 e. The van der Waals surface area contributed by atoms with E-state index in [1.807, 2.05) is 13.0 Å². The Hall–Kier alpha value is -1.67. The maximum atomic E-state index is 8.99. The predicted molar refractivity (Wildman–Crippen MR) is 58.0 cm³/mol. The van der Waals surface area contributed by atoms with Crippen molar-refractivity contribution < 1.29 is 9.84 Å². The second-order valence-electron chi connectivity index (χ2n) is 3.42. The highest BCUT2D eigenvalue weighted by molar-refractivity contribution is 5.19. The monoisotopic (exact) mass is 221 g/mol. The van der Waals surface area contributed by atoms with E-state index in [4.69, 9.17) is 15.1 Å². The van der Waals surface area contributed by atoms with Crippen molar-refractivity contribution in [3.63, 3.8) is 0 Å². The summed E-state index contributed by atoms with van der Waals surface area (Å²) in [7, 11) is 0. The van der Waals surface area contributed by atoms with Gasteiger partial charge in [0.1, 0.15) is 5.92 Å². The lowest BCUT2D eigenvalue weighted by atomic mass is 10.2. The van der Waals surface area contributed by atoms with Crippen molar-refractivity contribution in [3.8, 4) is 11.9 Å². The number of nitriles is 1. The van der Waals surface area contributed by atoms with Gasteiger partial charge in [-0.15, -0.1) is 0 Å². The van der Waals surface area contributed by atoms with Crippen LogP contribution in [-0.4, -0.2) is 28.3 Å². The van der Waals surface area contributed by atoms with Gasteiger partial charge in [-0.05, 0) is 13.3 Å². The molecule has 0 aliphatic heterocycles. The lowest BCUT2D eigenvalue weighted by Crippen LogP contribution is -2.09. The molecular formula is C11H15N3O2. The topological polar surface area (TPSA) is 79.0 Å². The molecule has 0 amide bonds. The molecule has 1 atom stereocenters. The second kappa shape index (κ2) is 6.03. The molecule has 1 heterocycles. The Kier molecular flexibility index (Phi) is 4.67.